The Kier molecular flexibility index (Phi) is 5.62. The number of likely N-dealkylation sites (N-methyl/N-ethyl adjacent to an activating group) is 1. The lowest BCUT2D eigenvalue weighted by Crippen LogP contribution is -2.34. The lowest BCUT2D eigenvalue weighted by atomic mass is 10.0. The molecule has 0 aromatic rings. The Labute approximate surface area is 78.9 Å². The Bertz CT molecular complexity index is 228. The van der Waals surface area contributed by atoms with Crippen molar-refractivity contribution in [2.45, 2.75) is 26.7 Å². The molecule has 0 bridgehead atoms. The number of carbonyl (C=O) groups is 2. The molecule has 0 radical (unpaired) electrons. The molecule has 0 aliphatic heterocycles. The maximum Gasteiger partial charge on any atom is 0.287 e. The van der Waals surface area contributed by atoms with Gasteiger partial charge in [0.25, 0.3) is 5.91 Å². The molecule has 1 unspecified atom stereocenters. The van der Waals surface area contributed by atoms with Gasteiger partial charge in [-0.1, -0.05) is 6.92 Å². The Morgan fingerprint density at radius 3 is 2.62 bits per heavy atom. The molecule has 0 saturated heterocycles. The topological polar surface area (TPSA) is 46.2 Å². The van der Waals surface area contributed by atoms with Gasteiger partial charge in [-0.15, -0.1) is 12.3 Å². The number of amides is 1. The average Bonchev–Trinajstić information content (AvgIpc) is 2.13. The molecule has 3 nitrogen and oxygen atoms in total. The third-order valence-corrected chi connectivity index (χ3v) is 1.73. The van der Waals surface area contributed by atoms with E-state index in [1.54, 1.807) is 13.8 Å². The van der Waals surface area contributed by atoms with Crippen molar-refractivity contribution in [2.75, 3.05) is 6.54 Å². The zero-order valence-corrected chi connectivity index (χ0v) is 8.09. The standard InChI is InChI=1S/C10H15NO2/c1-4-6-7-8(3)9(12)10(13)11-5-2/h1,8H,5-7H2,2-3H3,(H,11,13). The van der Waals surface area contributed by atoms with E-state index >= 15 is 0 Å². The number of hydrogen-bond acceptors (Lipinski definition) is 2. The molecule has 3 heteroatoms. The third-order valence-electron chi connectivity index (χ3n) is 1.73. The molecule has 0 saturated carbocycles. The predicted molar refractivity (Wildman–Crippen MR) is 50.9 cm³/mol. The number of hydrogen-bond donors (Lipinski definition) is 1. The molecular weight excluding hydrogens is 166 g/mol. The van der Waals surface area contributed by atoms with Gasteiger partial charge in [-0.25, -0.2) is 0 Å². The minimum atomic E-state index is -0.507. The summed E-state index contributed by atoms with van der Waals surface area (Å²) in [7, 11) is 0. The van der Waals surface area contributed by atoms with Crippen LogP contribution in [0.3, 0.4) is 0 Å². The van der Waals surface area contributed by atoms with Gasteiger partial charge in [0, 0.05) is 18.9 Å². The molecule has 0 heterocycles. The highest BCUT2D eigenvalue weighted by Crippen LogP contribution is 2.05. The number of terminal acetylenes is 1. The highest BCUT2D eigenvalue weighted by Gasteiger charge is 2.19. The van der Waals surface area contributed by atoms with Crippen molar-refractivity contribution in [3.63, 3.8) is 0 Å². The van der Waals surface area contributed by atoms with E-state index in [0.717, 1.165) is 0 Å². The summed E-state index contributed by atoms with van der Waals surface area (Å²) in [5.41, 5.74) is 0. The van der Waals surface area contributed by atoms with E-state index in [4.69, 9.17) is 6.42 Å². The lowest BCUT2D eigenvalue weighted by Gasteiger charge is -2.07. The minimum absolute atomic E-state index is 0.275. The smallest absolute Gasteiger partial charge is 0.287 e. The van der Waals surface area contributed by atoms with Gasteiger partial charge in [0.15, 0.2) is 0 Å². The highest BCUT2D eigenvalue weighted by molar-refractivity contribution is 6.36. The molecule has 0 spiro atoms. The first-order valence-electron chi connectivity index (χ1n) is 4.39. The zero-order valence-electron chi connectivity index (χ0n) is 8.09. The largest absolute Gasteiger partial charge is 0.350 e. The first-order chi connectivity index (χ1) is 6.13. The van der Waals surface area contributed by atoms with Crippen LogP contribution in [0.2, 0.25) is 0 Å². The fourth-order valence-electron chi connectivity index (χ4n) is 0.902. The molecule has 13 heavy (non-hydrogen) atoms. The van der Waals surface area contributed by atoms with Crippen LogP contribution in [0.25, 0.3) is 0 Å². The van der Waals surface area contributed by atoms with E-state index in [9.17, 15) is 9.59 Å². The number of rotatable bonds is 5. The molecule has 72 valence electrons. The van der Waals surface area contributed by atoms with Crippen molar-refractivity contribution in [1.29, 1.82) is 0 Å². The maximum atomic E-state index is 11.3. The summed E-state index contributed by atoms with van der Waals surface area (Å²) in [6.45, 7) is 3.97. The van der Waals surface area contributed by atoms with Crippen LogP contribution in [0.4, 0.5) is 0 Å². The Hall–Kier alpha value is -1.30. The first-order valence-corrected chi connectivity index (χ1v) is 4.39. The first kappa shape index (κ1) is 11.7. The fraction of sp³-hybridized carbons (Fsp3) is 0.600. The Balaban J connectivity index is 3.95. The molecule has 0 aromatic carbocycles. The molecule has 0 aromatic heterocycles. The minimum Gasteiger partial charge on any atom is -0.350 e. The van der Waals surface area contributed by atoms with Gasteiger partial charge in [-0.05, 0) is 13.3 Å². The van der Waals surface area contributed by atoms with E-state index in [2.05, 4.69) is 11.2 Å². The molecule has 1 amide bonds. The van der Waals surface area contributed by atoms with Gasteiger partial charge >= 0.3 is 0 Å². The van der Waals surface area contributed by atoms with Crippen molar-refractivity contribution in [3.8, 4) is 12.3 Å². The van der Waals surface area contributed by atoms with Crippen LogP contribution in [-0.4, -0.2) is 18.2 Å². The fourth-order valence-corrected chi connectivity index (χ4v) is 0.902. The number of ketones is 1. The Morgan fingerprint density at radius 2 is 2.15 bits per heavy atom. The maximum absolute atomic E-state index is 11.3. The second-order valence-corrected chi connectivity index (χ2v) is 2.87. The number of Topliss-reactive ketones (excluding diaryl/α,β-unsaturated/α-hetero) is 1. The molecule has 0 rings (SSSR count). The second kappa shape index (κ2) is 6.24. The quantitative estimate of drug-likeness (QED) is 0.502. The van der Waals surface area contributed by atoms with Crippen molar-refractivity contribution < 1.29 is 9.59 Å². The number of carbonyl (C=O) groups excluding carboxylic acids is 2. The lowest BCUT2D eigenvalue weighted by molar-refractivity contribution is -0.140. The summed E-state index contributed by atoms with van der Waals surface area (Å²) >= 11 is 0. The van der Waals surface area contributed by atoms with Crippen LogP contribution in [0, 0.1) is 18.3 Å². The van der Waals surface area contributed by atoms with Gasteiger partial charge in [0.1, 0.15) is 0 Å². The predicted octanol–water partition coefficient (Wildman–Crippen LogP) is 0.741. The third kappa shape index (κ3) is 4.32. The van der Waals surface area contributed by atoms with Gasteiger partial charge in [-0.2, -0.15) is 0 Å². The monoisotopic (exact) mass is 181 g/mol. The van der Waals surface area contributed by atoms with Crippen LogP contribution in [0.1, 0.15) is 26.7 Å². The van der Waals surface area contributed by atoms with Gasteiger partial charge in [-0.3, -0.25) is 9.59 Å². The van der Waals surface area contributed by atoms with Crippen LogP contribution < -0.4 is 5.32 Å². The van der Waals surface area contributed by atoms with E-state index < -0.39 is 5.91 Å². The van der Waals surface area contributed by atoms with E-state index in [1.807, 2.05) is 0 Å². The molecule has 1 N–H and O–H groups in total. The summed E-state index contributed by atoms with van der Waals surface area (Å²) in [5.74, 6) is 1.28. The van der Waals surface area contributed by atoms with Gasteiger partial charge in [0.05, 0.1) is 0 Å². The van der Waals surface area contributed by atoms with Crippen LogP contribution in [-0.2, 0) is 9.59 Å². The summed E-state index contributed by atoms with van der Waals surface area (Å²) in [4.78, 5) is 22.3. The zero-order chi connectivity index (χ0) is 10.3. The van der Waals surface area contributed by atoms with E-state index in [1.165, 1.54) is 0 Å². The van der Waals surface area contributed by atoms with Crippen molar-refractivity contribution in [3.05, 3.63) is 0 Å². The van der Waals surface area contributed by atoms with Crippen molar-refractivity contribution in [2.24, 2.45) is 5.92 Å². The van der Waals surface area contributed by atoms with E-state index in [-0.39, 0.29) is 11.7 Å². The van der Waals surface area contributed by atoms with Gasteiger partial charge < -0.3 is 5.32 Å². The van der Waals surface area contributed by atoms with Crippen LogP contribution in [0.5, 0.6) is 0 Å². The summed E-state index contributed by atoms with van der Waals surface area (Å²) in [6, 6.07) is 0. The molecule has 0 aliphatic carbocycles. The van der Waals surface area contributed by atoms with Gasteiger partial charge in [0.2, 0.25) is 5.78 Å². The normalized spacial score (nSPS) is 11.5. The molecule has 0 fully saturated rings. The number of nitrogens with one attached hydrogen (secondary N) is 1. The molecule has 1 atom stereocenters. The summed E-state index contributed by atoms with van der Waals surface area (Å²) in [5, 5.41) is 2.46. The van der Waals surface area contributed by atoms with Crippen LogP contribution in [0.15, 0.2) is 0 Å². The van der Waals surface area contributed by atoms with Crippen molar-refractivity contribution >= 4 is 11.7 Å². The SMILES string of the molecule is C#CCCC(C)C(=O)C(=O)NCC. The summed E-state index contributed by atoms with van der Waals surface area (Å²) in [6.07, 6.45) is 6.16. The average molecular weight is 181 g/mol. The second-order valence-electron chi connectivity index (χ2n) is 2.87. The van der Waals surface area contributed by atoms with E-state index in [0.29, 0.717) is 19.4 Å². The molecular formula is C10H15NO2. The summed E-state index contributed by atoms with van der Waals surface area (Å²) < 4.78 is 0. The Morgan fingerprint density at radius 1 is 1.54 bits per heavy atom. The molecule has 0 aliphatic rings. The van der Waals surface area contributed by atoms with Crippen LogP contribution >= 0.6 is 0 Å². The highest BCUT2D eigenvalue weighted by atomic mass is 16.2. The van der Waals surface area contributed by atoms with Crippen molar-refractivity contribution in [1.82, 2.24) is 5.32 Å².